The zero-order chi connectivity index (χ0) is 17.0. The van der Waals surface area contributed by atoms with Crippen LogP contribution in [0.15, 0.2) is 59.5 Å². The van der Waals surface area contributed by atoms with Crippen molar-refractivity contribution < 1.29 is 13.2 Å². The molecule has 1 aliphatic heterocycles. The molecule has 1 aliphatic rings. The third-order valence-electron chi connectivity index (χ3n) is 4.62. The Morgan fingerprint density at radius 3 is 2.42 bits per heavy atom. The highest BCUT2D eigenvalue weighted by atomic mass is 32.2. The molecule has 1 heterocycles. The molecule has 0 saturated carbocycles. The van der Waals surface area contributed by atoms with Crippen LogP contribution >= 0.6 is 0 Å². The van der Waals surface area contributed by atoms with Gasteiger partial charge in [0.2, 0.25) is 10.0 Å². The van der Waals surface area contributed by atoms with E-state index >= 15 is 0 Å². The normalized spacial score (nSPS) is 16.9. The molecule has 0 spiro atoms. The Hall–Kier alpha value is -1.85. The molecule has 0 aromatic heterocycles. The predicted molar refractivity (Wildman–Crippen MR) is 94.6 cm³/mol. The lowest BCUT2D eigenvalue weighted by Gasteiger charge is -2.31. The summed E-state index contributed by atoms with van der Waals surface area (Å²) < 4.78 is 32.3. The number of methoxy groups -OCH3 is 1. The number of ether oxygens (including phenoxy) is 1. The van der Waals surface area contributed by atoms with Crippen LogP contribution < -0.4 is 4.74 Å². The van der Waals surface area contributed by atoms with Crippen LogP contribution in [0.25, 0.3) is 0 Å². The molecule has 0 amide bonds. The van der Waals surface area contributed by atoms with E-state index in [9.17, 15) is 8.42 Å². The van der Waals surface area contributed by atoms with E-state index in [0.717, 1.165) is 19.3 Å². The molecule has 0 aliphatic carbocycles. The molecule has 4 nitrogen and oxygen atoms in total. The summed E-state index contributed by atoms with van der Waals surface area (Å²) in [5, 5.41) is 0. The summed E-state index contributed by atoms with van der Waals surface area (Å²) in [6.45, 7) is 1.16. The van der Waals surface area contributed by atoms with Crippen LogP contribution in [0.2, 0.25) is 0 Å². The van der Waals surface area contributed by atoms with Crippen LogP contribution in [-0.4, -0.2) is 32.9 Å². The van der Waals surface area contributed by atoms with Gasteiger partial charge in [0.25, 0.3) is 0 Å². The van der Waals surface area contributed by atoms with Gasteiger partial charge in [0, 0.05) is 19.2 Å². The molecule has 0 unspecified atom stereocenters. The maximum atomic E-state index is 12.8. The second-order valence-corrected chi connectivity index (χ2v) is 8.15. The number of rotatable bonds is 5. The SMILES string of the molecule is COc1cccc(S(=O)(=O)N2CCC(Cc3ccccc3)CC2)c1. The van der Waals surface area contributed by atoms with Gasteiger partial charge in [0.1, 0.15) is 5.75 Å². The second kappa shape index (κ2) is 7.36. The third-order valence-corrected chi connectivity index (χ3v) is 6.51. The minimum Gasteiger partial charge on any atom is -0.497 e. The summed E-state index contributed by atoms with van der Waals surface area (Å²) in [4.78, 5) is 0.309. The van der Waals surface area contributed by atoms with Gasteiger partial charge in [-0.2, -0.15) is 4.31 Å². The Bertz CT molecular complexity index is 766. The summed E-state index contributed by atoms with van der Waals surface area (Å²) in [5.41, 5.74) is 1.33. The fourth-order valence-electron chi connectivity index (χ4n) is 3.21. The molecule has 0 atom stereocenters. The number of piperidine rings is 1. The summed E-state index contributed by atoms with van der Waals surface area (Å²) in [7, 11) is -1.90. The van der Waals surface area contributed by atoms with Gasteiger partial charge in [-0.05, 0) is 42.9 Å². The lowest BCUT2D eigenvalue weighted by molar-refractivity contribution is 0.272. The quantitative estimate of drug-likeness (QED) is 0.835. The van der Waals surface area contributed by atoms with Crippen LogP contribution in [0.5, 0.6) is 5.75 Å². The van der Waals surface area contributed by atoms with Crippen molar-refractivity contribution in [2.75, 3.05) is 20.2 Å². The first-order valence-electron chi connectivity index (χ1n) is 8.28. The van der Waals surface area contributed by atoms with Crippen LogP contribution in [0.4, 0.5) is 0 Å². The number of benzene rings is 2. The summed E-state index contributed by atoms with van der Waals surface area (Å²) in [6, 6.07) is 17.1. The minimum atomic E-state index is -3.44. The maximum absolute atomic E-state index is 12.8. The van der Waals surface area contributed by atoms with E-state index in [-0.39, 0.29) is 0 Å². The first-order chi connectivity index (χ1) is 11.6. The van der Waals surface area contributed by atoms with Crippen molar-refractivity contribution in [3.05, 3.63) is 60.2 Å². The van der Waals surface area contributed by atoms with Crippen molar-refractivity contribution in [3.63, 3.8) is 0 Å². The van der Waals surface area contributed by atoms with Gasteiger partial charge in [-0.3, -0.25) is 0 Å². The van der Waals surface area contributed by atoms with E-state index in [2.05, 4.69) is 24.3 Å². The zero-order valence-corrected chi connectivity index (χ0v) is 14.7. The van der Waals surface area contributed by atoms with Crippen molar-refractivity contribution in [1.29, 1.82) is 0 Å². The molecule has 2 aromatic rings. The van der Waals surface area contributed by atoms with Crippen molar-refractivity contribution in [1.82, 2.24) is 4.31 Å². The smallest absolute Gasteiger partial charge is 0.243 e. The van der Waals surface area contributed by atoms with Gasteiger partial charge in [-0.15, -0.1) is 0 Å². The third kappa shape index (κ3) is 3.79. The topological polar surface area (TPSA) is 46.6 Å². The van der Waals surface area contributed by atoms with Crippen molar-refractivity contribution in [2.24, 2.45) is 5.92 Å². The molecule has 24 heavy (non-hydrogen) atoms. The molecule has 1 fully saturated rings. The van der Waals surface area contributed by atoms with E-state index in [4.69, 9.17) is 4.74 Å². The van der Waals surface area contributed by atoms with E-state index < -0.39 is 10.0 Å². The fourth-order valence-corrected chi connectivity index (χ4v) is 4.72. The van der Waals surface area contributed by atoms with Crippen molar-refractivity contribution in [2.45, 2.75) is 24.2 Å². The number of nitrogens with zero attached hydrogens (tertiary/aromatic N) is 1. The average Bonchev–Trinajstić information content (AvgIpc) is 2.63. The Morgan fingerprint density at radius 2 is 1.75 bits per heavy atom. The lowest BCUT2D eigenvalue weighted by atomic mass is 9.91. The highest BCUT2D eigenvalue weighted by molar-refractivity contribution is 7.89. The molecule has 0 bridgehead atoms. The first-order valence-corrected chi connectivity index (χ1v) is 9.72. The summed E-state index contributed by atoms with van der Waals surface area (Å²) in [5.74, 6) is 1.11. The first kappa shape index (κ1) is 17.0. The molecule has 5 heteroatoms. The Balaban J connectivity index is 1.65. The van der Waals surface area contributed by atoms with E-state index in [0.29, 0.717) is 29.7 Å². The highest BCUT2D eigenvalue weighted by Gasteiger charge is 2.29. The van der Waals surface area contributed by atoms with Gasteiger partial charge in [0.15, 0.2) is 0 Å². The largest absolute Gasteiger partial charge is 0.497 e. The van der Waals surface area contributed by atoms with Crippen LogP contribution in [-0.2, 0) is 16.4 Å². The Labute approximate surface area is 144 Å². The molecule has 3 rings (SSSR count). The lowest BCUT2D eigenvalue weighted by Crippen LogP contribution is -2.38. The predicted octanol–water partition coefficient (Wildman–Crippen LogP) is 3.34. The van der Waals surface area contributed by atoms with Crippen LogP contribution in [0.3, 0.4) is 0 Å². The number of sulfonamides is 1. The Morgan fingerprint density at radius 1 is 1.04 bits per heavy atom. The average molecular weight is 345 g/mol. The monoisotopic (exact) mass is 345 g/mol. The van der Waals surface area contributed by atoms with Gasteiger partial charge in [-0.1, -0.05) is 36.4 Å². The summed E-state index contributed by atoms with van der Waals surface area (Å²) >= 11 is 0. The highest BCUT2D eigenvalue weighted by Crippen LogP contribution is 2.27. The van der Waals surface area contributed by atoms with E-state index in [1.807, 2.05) is 6.07 Å². The van der Waals surface area contributed by atoms with Gasteiger partial charge in [0.05, 0.1) is 12.0 Å². The number of hydrogen-bond acceptors (Lipinski definition) is 3. The summed E-state index contributed by atoms with van der Waals surface area (Å²) in [6.07, 6.45) is 2.82. The molecular weight excluding hydrogens is 322 g/mol. The fraction of sp³-hybridized carbons (Fsp3) is 0.368. The van der Waals surface area contributed by atoms with Crippen LogP contribution in [0.1, 0.15) is 18.4 Å². The number of hydrogen-bond donors (Lipinski definition) is 0. The molecular formula is C19H23NO3S. The molecule has 128 valence electrons. The molecule has 0 N–H and O–H groups in total. The van der Waals surface area contributed by atoms with Gasteiger partial charge < -0.3 is 4.74 Å². The molecule has 1 saturated heterocycles. The molecule has 2 aromatic carbocycles. The van der Waals surface area contributed by atoms with Gasteiger partial charge >= 0.3 is 0 Å². The second-order valence-electron chi connectivity index (χ2n) is 6.22. The van der Waals surface area contributed by atoms with E-state index in [1.165, 1.54) is 5.56 Å². The standard InChI is InChI=1S/C19H23NO3S/c1-23-18-8-5-9-19(15-18)24(21,22)20-12-10-17(11-13-20)14-16-6-3-2-4-7-16/h2-9,15,17H,10-14H2,1H3. The van der Waals surface area contributed by atoms with Crippen LogP contribution in [0, 0.1) is 5.92 Å². The zero-order valence-electron chi connectivity index (χ0n) is 13.9. The maximum Gasteiger partial charge on any atom is 0.243 e. The molecule has 0 radical (unpaired) electrons. The minimum absolute atomic E-state index is 0.309. The van der Waals surface area contributed by atoms with Crippen molar-refractivity contribution in [3.8, 4) is 5.75 Å². The van der Waals surface area contributed by atoms with E-state index in [1.54, 1.807) is 35.7 Å². The van der Waals surface area contributed by atoms with Crippen molar-refractivity contribution >= 4 is 10.0 Å². The van der Waals surface area contributed by atoms with Gasteiger partial charge in [-0.25, -0.2) is 8.42 Å². The Kier molecular flexibility index (Phi) is 5.21.